The van der Waals surface area contributed by atoms with Crippen LogP contribution >= 0.6 is 23.8 Å². The number of hydrogen-bond acceptors (Lipinski definition) is 5. The molecule has 6 nitrogen and oxygen atoms in total. The summed E-state index contributed by atoms with van der Waals surface area (Å²) in [4.78, 5) is 26.3. The second kappa shape index (κ2) is 7.15. The lowest BCUT2D eigenvalue weighted by atomic mass is 10.1. The van der Waals surface area contributed by atoms with Gasteiger partial charge < -0.3 is 9.84 Å². The largest absolute Gasteiger partial charge is 0.506 e. The fraction of sp³-hybridized carbons (Fsp3) is 0.0556. The smallest absolute Gasteiger partial charge is 0.270 e. The molecular formula is C18H13ClN2O4S. The van der Waals surface area contributed by atoms with Gasteiger partial charge in [0.15, 0.2) is 5.11 Å². The van der Waals surface area contributed by atoms with Crippen molar-refractivity contribution in [1.29, 1.82) is 0 Å². The van der Waals surface area contributed by atoms with Crippen molar-refractivity contribution in [3.63, 3.8) is 0 Å². The summed E-state index contributed by atoms with van der Waals surface area (Å²) in [5.41, 5.74) is 0.889. The van der Waals surface area contributed by atoms with Crippen molar-refractivity contribution in [1.82, 2.24) is 5.32 Å². The van der Waals surface area contributed by atoms with Crippen molar-refractivity contribution in [2.24, 2.45) is 0 Å². The van der Waals surface area contributed by atoms with E-state index in [-0.39, 0.29) is 21.5 Å². The van der Waals surface area contributed by atoms with Gasteiger partial charge in [0.1, 0.15) is 17.1 Å². The number of aromatic hydroxyl groups is 1. The Kier molecular flexibility index (Phi) is 4.92. The number of phenolic OH excluding ortho intramolecular Hbond substituents is 1. The normalized spacial score (nSPS) is 16.0. The molecule has 2 N–H and O–H groups in total. The number of halogens is 1. The van der Waals surface area contributed by atoms with E-state index < -0.39 is 11.8 Å². The number of thiocarbonyl (C=S) groups is 1. The lowest BCUT2D eigenvalue weighted by Crippen LogP contribution is -2.54. The van der Waals surface area contributed by atoms with E-state index in [1.807, 2.05) is 0 Å². The fourth-order valence-corrected chi connectivity index (χ4v) is 2.87. The molecule has 1 fully saturated rings. The van der Waals surface area contributed by atoms with Crippen LogP contribution in [0.2, 0.25) is 5.02 Å². The molecule has 0 aromatic heterocycles. The van der Waals surface area contributed by atoms with E-state index in [1.165, 1.54) is 30.2 Å². The van der Waals surface area contributed by atoms with Gasteiger partial charge in [-0.25, -0.2) is 0 Å². The number of nitrogens with one attached hydrogen (secondary N) is 1. The van der Waals surface area contributed by atoms with Crippen molar-refractivity contribution in [3.8, 4) is 11.5 Å². The molecule has 2 amide bonds. The maximum Gasteiger partial charge on any atom is 0.270 e. The van der Waals surface area contributed by atoms with Crippen LogP contribution in [0.1, 0.15) is 5.56 Å². The van der Waals surface area contributed by atoms with Crippen molar-refractivity contribution >= 4 is 52.5 Å². The van der Waals surface area contributed by atoms with Crippen LogP contribution in [0.4, 0.5) is 5.69 Å². The first kappa shape index (κ1) is 17.9. The summed E-state index contributed by atoms with van der Waals surface area (Å²) < 4.78 is 5.10. The molecule has 2 aromatic rings. The van der Waals surface area contributed by atoms with Crippen LogP contribution in [-0.4, -0.2) is 29.1 Å². The van der Waals surface area contributed by atoms with Crippen LogP contribution in [0.15, 0.2) is 48.0 Å². The number of ether oxygens (including phenoxy) is 1. The molecule has 2 aromatic carbocycles. The van der Waals surface area contributed by atoms with Crippen molar-refractivity contribution in [2.75, 3.05) is 12.0 Å². The van der Waals surface area contributed by atoms with Gasteiger partial charge in [0.2, 0.25) is 0 Å². The van der Waals surface area contributed by atoms with E-state index in [4.69, 9.17) is 28.6 Å². The number of benzene rings is 2. The highest BCUT2D eigenvalue weighted by atomic mass is 35.5. The Balaban J connectivity index is 1.99. The third-order valence-corrected chi connectivity index (χ3v) is 4.30. The van der Waals surface area contributed by atoms with E-state index >= 15 is 0 Å². The Hall–Kier alpha value is -2.90. The second-order valence-corrected chi connectivity index (χ2v) is 6.16. The number of anilines is 1. The topological polar surface area (TPSA) is 78.9 Å². The van der Waals surface area contributed by atoms with Crippen LogP contribution in [0.3, 0.4) is 0 Å². The third kappa shape index (κ3) is 3.40. The molecule has 0 aliphatic carbocycles. The van der Waals surface area contributed by atoms with Gasteiger partial charge in [-0.1, -0.05) is 17.7 Å². The average Bonchev–Trinajstić information content (AvgIpc) is 2.62. The number of nitrogens with zero attached hydrogens (tertiary/aromatic N) is 1. The molecule has 132 valence electrons. The molecule has 8 heteroatoms. The maximum atomic E-state index is 12.9. The summed E-state index contributed by atoms with van der Waals surface area (Å²) >= 11 is 11.0. The van der Waals surface area contributed by atoms with E-state index in [9.17, 15) is 14.7 Å². The number of carbonyl (C=O) groups is 2. The Bertz CT molecular complexity index is 941. The Labute approximate surface area is 159 Å². The number of carbonyl (C=O) groups excluding carboxylic acids is 2. The lowest BCUT2D eigenvalue weighted by Gasteiger charge is -2.29. The minimum Gasteiger partial charge on any atom is -0.506 e. The Morgan fingerprint density at radius 2 is 1.88 bits per heavy atom. The van der Waals surface area contributed by atoms with Crippen LogP contribution in [0.25, 0.3) is 6.08 Å². The lowest BCUT2D eigenvalue weighted by molar-refractivity contribution is -0.122. The van der Waals surface area contributed by atoms with Crippen LogP contribution in [0, 0.1) is 0 Å². The van der Waals surface area contributed by atoms with Crippen LogP contribution in [-0.2, 0) is 9.59 Å². The first-order chi connectivity index (χ1) is 12.4. The Morgan fingerprint density at radius 1 is 1.19 bits per heavy atom. The number of phenols is 1. The van der Waals surface area contributed by atoms with Gasteiger partial charge in [-0.2, -0.15) is 0 Å². The summed E-state index contributed by atoms with van der Waals surface area (Å²) in [6.07, 6.45) is 1.39. The fourth-order valence-electron chi connectivity index (χ4n) is 2.40. The zero-order chi connectivity index (χ0) is 18.8. The molecule has 1 heterocycles. The first-order valence-electron chi connectivity index (χ1n) is 7.44. The highest BCUT2D eigenvalue weighted by molar-refractivity contribution is 7.80. The van der Waals surface area contributed by atoms with Gasteiger partial charge in [0, 0.05) is 0 Å². The predicted octanol–water partition coefficient (Wildman–Crippen LogP) is 2.89. The number of hydrogen-bond donors (Lipinski definition) is 2. The van der Waals surface area contributed by atoms with Gasteiger partial charge in [-0.3, -0.25) is 19.8 Å². The van der Waals surface area contributed by atoms with Crippen molar-refractivity contribution < 1.29 is 19.4 Å². The van der Waals surface area contributed by atoms with Gasteiger partial charge in [0.25, 0.3) is 11.8 Å². The molecule has 0 saturated carbocycles. The first-order valence-corrected chi connectivity index (χ1v) is 8.23. The summed E-state index contributed by atoms with van der Waals surface area (Å²) in [5, 5.41) is 12.1. The molecule has 3 rings (SSSR count). The van der Waals surface area contributed by atoms with Crippen LogP contribution < -0.4 is 15.0 Å². The summed E-state index contributed by atoms with van der Waals surface area (Å²) in [6.45, 7) is 0. The van der Waals surface area contributed by atoms with Gasteiger partial charge >= 0.3 is 0 Å². The molecule has 1 saturated heterocycles. The predicted molar refractivity (Wildman–Crippen MR) is 102 cm³/mol. The summed E-state index contributed by atoms with van der Waals surface area (Å²) in [7, 11) is 1.54. The van der Waals surface area contributed by atoms with Gasteiger partial charge in [-0.15, -0.1) is 0 Å². The minimum absolute atomic E-state index is 0.00828. The minimum atomic E-state index is -0.603. The third-order valence-electron chi connectivity index (χ3n) is 3.72. The van der Waals surface area contributed by atoms with E-state index in [0.717, 1.165) is 0 Å². The number of methoxy groups -OCH3 is 1. The maximum absolute atomic E-state index is 12.9. The van der Waals surface area contributed by atoms with Crippen molar-refractivity contribution in [2.45, 2.75) is 0 Å². The highest BCUT2D eigenvalue weighted by Gasteiger charge is 2.34. The van der Waals surface area contributed by atoms with Gasteiger partial charge in [-0.05, 0) is 60.3 Å². The van der Waals surface area contributed by atoms with Crippen molar-refractivity contribution in [3.05, 3.63) is 58.6 Å². The molecule has 0 radical (unpaired) electrons. The van der Waals surface area contributed by atoms with Crippen LogP contribution in [0.5, 0.6) is 11.5 Å². The monoisotopic (exact) mass is 388 g/mol. The molecule has 1 aliphatic heterocycles. The van der Waals surface area contributed by atoms with E-state index in [1.54, 1.807) is 30.3 Å². The summed E-state index contributed by atoms with van der Waals surface area (Å²) in [5.74, 6) is -0.626. The zero-order valence-electron chi connectivity index (χ0n) is 13.5. The molecular weight excluding hydrogens is 376 g/mol. The SMILES string of the molecule is COc1ccc(N2C(=O)C(=Cc3ccc(O)c(Cl)c3)C(=O)NC2=S)cc1. The summed E-state index contributed by atoms with van der Waals surface area (Å²) in [6, 6.07) is 11.1. The standard InChI is InChI=1S/C18H13ClN2O4S/c1-25-12-5-3-11(4-6-12)21-17(24)13(16(23)20-18(21)26)8-10-2-7-15(22)14(19)9-10/h2-9,22H,1H3,(H,20,23,26). The second-order valence-electron chi connectivity index (χ2n) is 5.37. The number of amides is 2. The number of rotatable bonds is 3. The molecule has 1 aliphatic rings. The molecule has 0 bridgehead atoms. The molecule has 0 unspecified atom stereocenters. The quantitative estimate of drug-likeness (QED) is 0.480. The zero-order valence-corrected chi connectivity index (χ0v) is 15.1. The molecule has 26 heavy (non-hydrogen) atoms. The molecule has 0 spiro atoms. The Morgan fingerprint density at radius 3 is 2.50 bits per heavy atom. The van der Waals surface area contributed by atoms with E-state index in [0.29, 0.717) is 17.0 Å². The van der Waals surface area contributed by atoms with Gasteiger partial charge in [0.05, 0.1) is 17.8 Å². The highest BCUT2D eigenvalue weighted by Crippen LogP contribution is 2.27. The van der Waals surface area contributed by atoms with E-state index in [2.05, 4.69) is 5.32 Å². The molecule has 0 atom stereocenters. The average molecular weight is 389 g/mol.